The summed E-state index contributed by atoms with van der Waals surface area (Å²) >= 11 is 0. The third-order valence-electron chi connectivity index (χ3n) is 2.95. The van der Waals surface area contributed by atoms with Gasteiger partial charge in [0, 0.05) is 12.6 Å². The fourth-order valence-electron chi connectivity index (χ4n) is 2.07. The van der Waals surface area contributed by atoms with Gasteiger partial charge in [-0.3, -0.25) is 0 Å². The van der Waals surface area contributed by atoms with Crippen LogP contribution in [-0.4, -0.2) is 30.4 Å². The lowest BCUT2D eigenvalue weighted by Gasteiger charge is -2.18. The highest BCUT2D eigenvalue weighted by molar-refractivity contribution is 5.13. The van der Waals surface area contributed by atoms with Gasteiger partial charge in [-0.05, 0) is 24.8 Å². The van der Waals surface area contributed by atoms with Crippen molar-refractivity contribution in [3.63, 3.8) is 0 Å². The number of aliphatic hydroxyl groups excluding tert-OH is 1. The molecule has 0 bridgehead atoms. The molecule has 0 spiro atoms. The van der Waals surface area contributed by atoms with Gasteiger partial charge in [-0.2, -0.15) is 0 Å². The molecule has 0 saturated heterocycles. The van der Waals surface area contributed by atoms with E-state index in [2.05, 4.69) is 26.1 Å². The zero-order valence-corrected chi connectivity index (χ0v) is 12.3. The average molecular weight is 265 g/mol. The lowest BCUT2D eigenvalue weighted by molar-refractivity contribution is 0.0276. The first-order chi connectivity index (χ1) is 9.08. The van der Waals surface area contributed by atoms with Crippen LogP contribution < -0.4 is 5.32 Å². The number of benzene rings is 1. The molecule has 3 nitrogen and oxygen atoms in total. The van der Waals surface area contributed by atoms with Crippen LogP contribution >= 0.6 is 0 Å². The molecule has 2 N–H and O–H groups in total. The van der Waals surface area contributed by atoms with Crippen molar-refractivity contribution >= 4 is 0 Å². The Bertz CT molecular complexity index is 327. The average Bonchev–Trinajstić information content (AvgIpc) is 2.37. The molecule has 0 heterocycles. The Labute approximate surface area is 117 Å². The Kier molecular flexibility index (Phi) is 7.72. The van der Waals surface area contributed by atoms with E-state index < -0.39 is 6.10 Å². The largest absolute Gasteiger partial charge is 0.389 e. The molecule has 1 rings (SSSR count). The van der Waals surface area contributed by atoms with Crippen molar-refractivity contribution in [3.8, 4) is 0 Å². The Morgan fingerprint density at radius 3 is 2.47 bits per heavy atom. The first kappa shape index (κ1) is 16.2. The van der Waals surface area contributed by atoms with Crippen LogP contribution in [0.25, 0.3) is 0 Å². The molecule has 108 valence electrons. The van der Waals surface area contributed by atoms with Crippen LogP contribution in [0.4, 0.5) is 0 Å². The van der Waals surface area contributed by atoms with E-state index in [9.17, 15) is 5.11 Å². The molecule has 0 radical (unpaired) electrons. The summed E-state index contributed by atoms with van der Waals surface area (Å²) in [5.74, 6) is 0.675. The van der Waals surface area contributed by atoms with Crippen molar-refractivity contribution in [1.29, 1.82) is 0 Å². The van der Waals surface area contributed by atoms with Crippen LogP contribution in [0.5, 0.6) is 0 Å². The summed E-state index contributed by atoms with van der Waals surface area (Å²) in [5, 5.41) is 13.2. The minimum Gasteiger partial charge on any atom is -0.389 e. The monoisotopic (exact) mass is 265 g/mol. The number of aliphatic hydroxyl groups is 1. The molecule has 2 unspecified atom stereocenters. The first-order valence-corrected chi connectivity index (χ1v) is 7.11. The van der Waals surface area contributed by atoms with Gasteiger partial charge in [0.05, 0.1) is 19.3 Å². The summed E-state index contributed by atoms with van der Waals surface area (Å²) in [4.78, 5) is 0. The molecular weight excluding hydrogens is 238 g/mol. The standard InChI is InChI=1S/C16H27NO2/c1-13(2)9-14(3)17-10-16(18)12-19-11-15-7-5-4-6-8-15/h4-8,13-14,16-18H,9-12H2,1-3H3. The number of nitrogens with one attached hydrogen (secondary N) is 1. The second kappa shape index (κ2) is 9.08. The second-order valence-corrected chi connectivity index (χ2v) is 5.59. The van der Waals surface area contributed by atoms with Gasteiger partial charge >= 0.3 is 0 Å². The Hall–Kier alpha value is -0.900. The molecule has 3 heteroatoms. The van der Waals surface area contributed by atoms with E-state index in [4.69, 9.17) is 4.74 Å². The lowest BCUT2D eigenvalue weighted by atomic mass is 10.1. The minimum atomic E-state index is -0.446. The summed E-state index contributed by atoms with van der Waals surface area (Å²) in [7, 11) is 0. The summed E-state index contributed by atoms with van der Waals surface area (Å²) in [6.45, 7) is 8.07. The van der Waals surface area contributed by atoms with Crippen LogP contribution in [0.1, 0.15) is 32.8 Å². The number of hydrogen-bond donors (Lipinski definition) is 2. The molecule has 2 atom stereocenters. The number of hydrogen-bond acceptors (Lipinski definition) is 3. The van der Waals surface area contributed by atoms with Gasteiger partial charge in [-0.15, -0.1) is 0 Å². The summed E-state index contributed by atoms with van der Waals surface area (Å²) < 4.78 is 5.50. The van der Waals surface area contributed by atoms with Gasteiger partial charge in [0.25, 0.3) is 0 Å². The predicted molar refractivity (Wildman–Crippen MR) is 79.0 cm³/mol. The SMILES string of the molecule is CC(C)CC(C)NCC(O)COCc1ccccc1. The van der Waals surface area contributed by atoms with Crippen LogP contribution in [0.2, 0.25) is 0 Å². The third-order valence-corrected chi connectivity index (χ3v) is 2.95. The molecular formula is C16H27NO2. The fourth-order valence-corrected chi connectivity index (χ4v) is 2.07. The molecule has 0 aromatic heterocycles. The van der Waals surface area contributed by atoms with Gasteiger partial charge < -0.3 is 15.2 Å². The summed E-state index contributed by atoms with van der Waals surface area (Å²) in [6.07, 6.45) is 0.677. The minimum absolute atomic E-state index is 0.371. The second-order valence-electron chi connectivity index (χ2n) is 5.59. The van der Waals surface area contributed by atoms with E-state index in [0.717, 1.165) is 12.0 Å². The Balaban J connectivity index is 2.09. The zero-order chi connectivity index (χ0) is 14.1. The maximum atomic E-state index is 9.82. The van der Waals surface area contributed by atoms with E-state index >= 15 is 0 Å². The molecule has 0 aliphatic carbocycles. The van der Waals surface area contributed by atoms with Crippen molar-refractivity contribution in [2.75, 3.05) is 13.2 Å². The van der Waals surface area contributed by atoms with E-state index in [1.807, 2.05) is 30.3 Å². The van der Waals surface area contributed by atoms with Crippen LogP contribution in [-0.2, 0) is 11.3 Å². The van der Waals surface area contributed by atoms with Gasteiger partial charge in [0.15, 0.2) is 0 Å². The zero-order valence-electron chi connectivity index (χ0n) is 12.3. The van der Waals surface area contributed by atoms with Gasteiger partial charge in [-0.1, -0.05) is 44.2 Å². The lowest BCUT2D eigenvalue weighted by Crippen LogP contribution is -2.36. The third kappa shape index (κ3) is 7.98. The Morgan fingerprint density at radius 2 is 1.84 bits per heavy atom. The molecule has 19 heavy (non-hydrogen) atoms. The van der Waals surface area contributed by atoms with Crippen LogP contribution in [0, 0.1) is 5.92 Å². The van der Waals surface area contributed by atoms with Crippen molar-refractivity contribution in [3.05, 3.63) is 35.9 Å². The van der Waals surface area contributed by atoms with Crippen molar-refractivity contribution in [1.82, 2.24) is 5.32 Å². The van der Waals surface area contributed by atoms with Crippen molar-refractivity contribution in [2.45, 2.75) is 45.9 Å². The maximum absolute atomic E-state index is 9.82. The van der Waals surface area contributed by atoms with E-state index in [-0.39, 0.29) is 0 Å². The van der Waals surface area contributed by atoms with E-state index in [0.29, 0.717) is 31.7 Å². The van der Waals surface area contributed by atoms with E-state index in [1.54, 1.807) is 0 Å². The van der Waals surface area contributed by atoms with Crippen LogP contribution in [0.3, 0.4) is 0 Å². The first-order valence-electron chi connectivity index (χ1n) is 7.11. The Morgan fingerprint density at radius 1 is 1.16 bits per heavy atom. The molecule has 0 aliphatic heterocycles. The topological polar surface area (TPSA) is 41.5 Å². The fraction of sp³-hybridized carbons (Fsp3) is 0.625. The maximum Gasteiger partial charge on any atom is 0.0897 e. The van der Waals surface area contributed by atoms with Crippen molar-refractivity contribution in [2.24, 2.45) is 5.92 Å². The number of ether oxygens (including phenoxy) is 1. The normalized spacial score (nSPS) is 14.6. The van der Waals surface area contributed by atoms with Crippen LogP contribution in [0.15, 0.2) is 30.3 Å². The van der Waals surface area contributed by atoms with Gasteiger partial charge in [0.1, 0.15) is 0 Å². The molecule has 1 aromatic carbocycles. The predicted octanol–water partition coefficient (Wildman–Crippen LogP) is 2.59. The summed E-state index contributed by atoms with van der Waals surface area (Å²) in [5.41, 5.74) is 1.14. The van der Waals surface area contributed by atoms with Gasteiger partial charge in [0.2, 0.25) is 0 Å². The highest BCUT2D eigenvalue weighted by Crippen LogP contribution is 2.04. The van der Waals surface area contributed by atoms with Crippen molar-refractivity contribution < 1.29 is 9.84 Å². The molecule has 0 saturated carbocycles. The quantitative estimate of drug-likeness (QED) is 0.721. The number of rotatable bonds is 9. The van der Waals surface area contributed by atoms with E-state index in [1.165, 1.54) is 0 Å². The summed E-state index contributed by atoms with van der Waals surface area (Å²) in [6, 6.07) is 10.4. The smallest absolute Gasteiger partial charge is 0.0897 e. The molecule has 1 aromatic rings. The molecule has 0 fully saturated rings. The molecule has 0 amide bonds. The van der Waals surface area contributed by atoms with Gasteiger partial charge in [-0.25, -0.2) is 0 Å². The molecule has 0 aliphatic rings. The highest BCUT2D eigenvalue weighted by atomic mass is 16.5. The highest BCUT2D eigenvalue weighted by Gasteiger charge is 2.08.